The summed E-state index contributed by atoms with van der Waals surface area (Å²) in [4.78, 5) is 43.1. The van der Waals surface area contributed by atoms with Crippen LogP contribution in [0.15, 0.2) is 72.8 Å². The van der Waals surface area contributed by atoms with Gasteiger partial charge < -0.3 is 105 Å². The molecule has 0 spiro atoms. The largest absolute Gasteiger partial charge is 1.00 e. The van der Waals surface area contributed by atoms with E-state index in [-0.39, 0.29) is 160 Å². The number of fused-ring (bicyclic) bond motifs is 8. The molecule has 0 aromatic heterocycles. The fraction of sp³-hybridized carbons (Fsp3) is 0.711. The van der Waals surface area contributed by atoms with E-state index < -0.39 is 37.1 Å². The van der Waals surface area contributed by atoms with Crippen LogP contribution < -0.4 is 64.0 Å². The summed E-state index contributed by atoms with van der Waals surface area (Å²) in [6, 6.07) is 23.3. The first kappa shape index (κ1) is 108. The van der Waals surface area contributed by atoms with Gasteiger partial charge >= 0.3 is 41.5 Å². The number of aliphatic carboxylic acids is 4. The Morgan fingerprint density at radius 2 is 0.607 bits per heavy atom. The zero-order chi connectivity index (χ0) is 85.9. The smallest absolute Gasteiger partial charge is 0.546 e. The molecule has 122 heavy (non-hydrogen) atoms. The zero-order valence-electron chi connectivity index (χ0n) is 73.0. The molecule has 25 heteroatoms. The molecule has 8 aliphatic carbocycles. The van der Waals surface area contributed by atoms with Gasteiger partial charge in [-0.2, -0.15) is 0 Å². The predicted octanol–water partition coefficient (Wildman–Crippen LogP) is 7.46. The van der Waals surface area contributed by atoms with Crippen LogP contribution in [0.2, 0.25) is 0 Å². The Labute approximate surface area is 766 Å². The van der Waals surface area contributed by atoms with E-state index in [1.807, 2.05) is 53.8 Å². The molecule has 0 aliphatic heterocycles. The molecule has 23 nitrogen and oxygen atoms in total. The van der Waals surface area contributed by atoms with E-state index in [4.69, 9.17) is 39.4 Å². The fourth-order valence-electron chi connectivity index (χ4n) is 21.3. The number of aliphatic hydroxyl groups excluding tert-OH is 10. The van der Waals surface area contributed by atoms with E-state index in [0.29, 0.717) is 83.4 Å². The number of rotatable bonds is 44. The number of carbonyl (C=O) groups is 4. The van der Waals surface area contributed by atoms with Gasteiger partial charge in [0, 0.05) is 0 Å². The molecule has 4 saturated carbocycles. The minimum Gasteiger partial charge on any atom is -0.546 e. The van der Waals surface area contributed by atoms with E-state index in [9.17, 15) is 70.2 Å². The summed E-state index contributed by atoms with van der Waals surface area (Å²) in [5.74, 6) is 2.42. The maximum Gasteiger partial charge on any atom is 1.00 e. The monoisotopic (exact) mass is 1830 g/mol. The number of hydrogen-bond donors (Lipinski definition) is 13. The van der Waals surface area contributed by atoms with Gasteiger partial charge in [0.1, 0.15) is 36.2 Å². The Kier molecular flexibility index (Phi) is 50.6. The van der Waals surface area contributed by atoms with E-state index in [1.165, 1.54) is 22.3 Å². The van der Waals surface area contributed by atoms with Crippen molar-refractivity contribution in [1.29, 1.82) is 0 Å². The molecule has 20 atom stereocenters. The van der Waals surface area contributed by atoms with Crippen molar-refractivity contribution in [2.75, 3.05) is 52.7 Å². The molecule has 0 unspecified atom stereocenters. The molecule has 4 aromatic rings. The number of carboxylic acid groups (broad SMARTS) is 4. The average Bonchev–Trinajstić information content (AvgIpc) is 1.57. The van der Waals surface area contributed by atoms with E-state index >= 15 is 0 Å². The molecule has 0 saturated heterocycles. The van der Waals surface area contributed by atoms with Crippen molar-refractivity contribution in [2.24, 2.45) is 71.0 Å². The van der Waals surface area contributed by atoms with Crippen LogP contribution in [-0.2, 0) is 70.5 Å². The van der Waals surface area contributed by atoms with Crippen molar-refractivity contribution < 1.29 is 144 Å². The van der Waals surface area contributed by atoms with Crippen molar-refractivity contribution in [3.8, 4) is 23.0 Å². The number of halogens is 1. The van der Waals surface area contributed by atoms with Gasteiger partial charge in [-0.1, -0.05) is 161 Å². The second-order valence-electron chi connectivity index (χ2n) is 35.7. The topological polar surface area (TPSA) is 411 Å². The molecule has 0 radical (unpaired) electrons. The van der Waals surface area contributed by atoms with Crippen molar-refractivity contribution >= 4 is 47.9 Å². The molecule has 0 bridgehead atoms. The fourth-order valence-corrected chi connectivity index (χ4v) is 21.3. The first-order valence-electron chi connectivity index (χ1n) is 45.6. The van der Waals surface area contributed by atoms with E-state index in [2.05, 4.69) is 52.0 Å². The normalized spacial score (nSPS) is 25.4. The molecule has 14 N–H and O–H groups in total. The predicted molar refractivity (Wildman–Crippen MR) is 473 cm³/mol. The third kappa shape index (κ3) is 33.7. The average molecular weight is 1830 g/mol. The summed E-state index contributed by atoms with van der Waals surface area (Å²) in [5, 5.41) is 141. The van der Waals surface area contributed by atoms with E-state index in [0.717, 1.165) is 253 Å². The third-order valence-electron chi connectivity index (χ3n) is 27.3. The number of hydrogen-bond acceptors (Lipinski definition) is 20. The molecule has 12 rings (SSSR count). The molecule has 684 valence electrons. The molecular weight excluding hydrogens is 1680 g/mol. The number of carbonyl (C=O) groups excluding carboxylic acids is 2. The zero-order valence-corrected chi connectivity index (χ0v) is 77.4. The first-order valence-corrected chi connectivity index (χ1v) is 45.6. The molecular formula is C97H151INNaO22. The molecule has 0 heterocycles. The summed E-state index contributed by atoms with van der Waals surface area (Å²) >= 11 is 0. The summed E-state index contributed by atoms with van der Waals surface area (Å²) < 4.78 is 21.9. The minimum absolute atomic E-state index is 0. The van der Waals surface area contributed by atoms with Crippen LogP contribution in [0.25, 0.3) is 0 Å². The van der Waals surface area contributed by atoms with Gasteiger partial charge in [0.2, 0.25) is 0 Å². The summed E-state index contributed by atoms with van der Waals surface area (Å²) in [6.07, 6.45) is 31.2. The Balaban J connectivity index is 0.000000279. The number of benzene rings is 4. The summed E-state index contributed by atoms with van der Waals surface area (Å²) in [7, 11) is 0. The first-order chi connectivity index (χ1) is 57.4. The number of aliphatic hydroxyl groups is 10. The van der Waals surface area contributed by atoms with Crippen LogP contribution in [0, 0.1) is 71.0 Å². The van der Waals surface area contributed by atoms with Gasteiger partial charge in [-0.15, -0.1) is 24.0 Å². The molecule has 4 aromatic carbocycles. The van der Waals surface area contributed by atoms with Crippen LogP contribution in [0.1, 0.15) is 259 Å². The van der Waals surface area contributed by atoms with Gasteiger partial charge in [-0.3, -0.25) is 0 Å². The quantitative estimate of drug-likeness (QED) is 0.0116. The van der Waals surface area contributed by atoms with Crippen molar-refractivity contribution in [3.05, 3.63) is 117 Å². The van der Waals surface area contributed by atoms with Gasteiger partial charge in [-0.05, 0) is 294 Å². The molecule has 8 aliphatic rings. The van der Waals surface area contributed by atoms with Gasteiger partial charge in [0.15, 0.2) is 13.2 Å². The van der Waals surface area contributed by atoms with Crippen LogP contribution >= 0.6 is 24.0 Å². The van der Waals surface area contributed by atoms with Crippen LogP contribution in [-0.4, -0.2) is 187 Å². The van der Waals surface area contributed by atoms with E-state index in [1.54, 1.807) is 0 Å². The van der Waals surface area contributed by atoms with Gasteiger partial charge in [-0.25, -0.2) is 9.59 Å². The standard InChI is InChI=1S/4C23H34O5.C4H11NO2.CH4.HI.Na/c4*1-2-3-4-7-17(24)9-10-18-19-11-15-6-5-8-22(28-14-23(26)27)20(15)12-16(19)13-21(18)25;6-3-1-5-2-4-7;;;/h4*5-6,8,16-19,21,24-25H,2-4,7,9-14H2,1H3,(H,26,27);5-7H,1-4H2;1H4;1H;/q;;;;;;;+1/p-1/t4*16-,17-,18+,19-,21+;;;;/m0000..../s1. The Morgan fingerprint density at radius 1 is 0.377 bits per heavy atom. The number of quaternary nitrogens is 1. The second-order valence-corrected chi connectivity index (χ2v) is 35.7. The number of ether oxygens (including phenoxy) is 4. The van der Waals surface area contributed by atoms with Crippen molar-refractivity contribution in [3.63, 3.8) is 0 Å². The SMILES string of the molecule is C.CCCCC[C@H](O)CC[C@@H]1[C@H]2Cc3cccc(OCC(=O)O)c3C[C@H]2C[C@H]1O.CCCCC[C@H](O)CC[C@@H]1[C@H]2Cc3cccc(OCC(=O)O)c3C[C@H]2C[C@H]1O.CCCCC[C@H](O)CC[C@@H]1[C@H]2Cc3cccc(OCC(=O)[O-])c3C[C@H]2C[C@H]1O.CCCCC[C@H](O)CC[C@@H]1[C@H]2Cc3cccc(OCC(=O)[O-])c3C[C@H]2C[C@H]1O.I.OCC[NH2+]CCO.[Na+]. The Hall–Kier alpha value is -4.75. The number of carboxylic acids is 4. The summed E-state index contributed by atoms with van der Waals surface area (Å²) in [5.41, 5.74) is 9.20. The van der Waals surface area contributed by atoms with Crippen molar-refractivity contribution in [2.45, 2.75) is 315 Å². The Bertz CT molecular complexity index is 3210. The molecule has 4 fully saturated rings. The van der Waals surface area contributed by atoms with Crippen LogP contribution in [0.3, 0.4) is 0 Å². The maximum absolute atomic E-state index is 10.8. The van der Waals surface area contributed by atoms with Crippen LogP contribution in [0.4, 0.5) is 0 Å². The number of nitrogens with two attached hydrogens (primary N) is 1. The van der Waals surface area contributed by atoms with Crippen molar-refractivity contribution in [1.82, 2.24) is 0 Å². The maximum atomic E-state index is 10.8. The van der Waals surface area contributed by atoms with Gasteiger partial charge in [0.25, 0.3) is 0 Å². The summed E-state index contributed by atoms with van der Waals surface area (Å²) in [6.45, 7) is 8.91. The van der Waals surface area contributed by atoms with Crippen LogP contribution in [0.5, 0.6) is 23.0 Å². The van der Waals surface area contributed by atoms with Gasteiger partial charge in [0.05, 0.1) is 87.1 Å². The second kappa shape index (κ2) is 57.2. The number of unbranched alkanes of at least 4 members (excludes halogenated alkanes) is 8. The minimum atomic E-state index is -1.22. The third-order valence-corrected chi connectivity index (χ3v) is 27.3. The Morgan fingerprint density at radius 3 is 0.811 bits per heavy atom. The molecule has 0 amide bonds.